The van der Waals surface area contributed by atoms with Crippen LogP contribution >= 0.6 is 0 Å². The third-order valence-corrected chi connectivity index (χ3v) is 12.3. The van der Waals surface area contributed by atoms with E-state index in [1.165, 1.54) is 21.9 Å². The molecular formula is C57H34N4O2. The molecule has 63 heavy (non-hydrogen) atoms. The summed E-state index contributed by atoms with van der Waals surface area (Å²) < 4.78 is 15.2. The highest BCUT2D eigenvalue weighted by Crippen LogP contribution is 2.41. The lowest BCUT2D eigenvalue weighted by Crippen LogP contribution is -2.00. The van der Waals surface area contributed by atoms with Gasteiger partial charge in [-0.25, -0.2) is 15.0 Å². The first kappa shape index (κ1) is 35.2. The van der Waals surface area contributed by atoms with Gasteiger partial charge < -0.3 is 13.4 Å². The van der Waals surface area contributed by atoms with E-state index in [-0.39, 0.29) is 0 Å². The molecule has 13 rings (SSSR count). The molecule has 0 unspecified atom stereocenters. The monoisotopic (exact) mass is 806 g/mol. The maximum absolute atomic E-state index is 6.56. The SMILES string of the molecule is c1ccc(-c2ccc3c(c2)c2ccc(-c4ccc5oc6cccc(-c7nc(-c8ccccc8)nc(-c8ccc9c(c8)oc8ccccc89)n7)c6c5c4)cc2n3-c2ccccc2)cc1. The Morgan fingerprint density at radius 3 is 1.71 bits per heavy atom. The summed E-state index contributed by atoms with van der Waals surface area (Å²) in [4.78, 5) is 15.4. The van der Waals surface area contributed by atoms with E-state index in [0.29, 0.717) is 17.5 Å². The highest BCUT2D eigenvalue weighted by Gasteiger charge is 2.20. The Hall–Kier alpha value is -8.61. The van der Waals surface area contributed by atoms with Gasteiger partial charge in [-0.1, -0.05) is 140 Å². The van der Waals surface area contributed by atoms with Crippen molar-refractivity contribution in [1.82, 2.24) is 19.5 Å². The molecule has 9 aromatic carbocycles. The van der Waals surface area contributed by atoms with Crippen LogP contribution in [0, 0.1) is 0 Å². The van der Waals surface area contributed by atoms with Crippen LogP contribution in [0.15, 0.2) is 215 Å². The molecule has 0 radical (unpaired) electrons. The van der Waals surface area contributed by atoms with E-state index >= 15 is 0 Å². The quantitative estimate of drug-likeness (QED) is 0.167. The Balaban J connectivity index is 0.981. The maximum Gasteiger partial charge on any atom is 0.164 e. The molecule has 0 N–H and O–H groups in total. The van der Waals surface area contributed by atoms with Crippen LogP contribution in [-0.2, 0) is 0 Å². The standard InChI is InChI=1S/C57H34N4O2/c1-4-13-35(14-5-1)37-25-29-48-46(31-37)42-27-23-39(33-49(42)61(48)41-17-8-3-9-18-41)38-26-30-51-47(32-38)54-45(20-12-22-52(54)62-51)57-59-55(36-15-6-2-7-16-36)58-56(60-57)40-24-28-44-43-19-10-11-21-50(43)63-53(44)34-40/h1-34H. The molecule has 6 nitrogen and oxygen atoms in total. The van der Waals surface area contributed by atoms with Gasteiger partial charge in [0.25, 0.3) is 0 Å². The van der Waals surface area contributed by atoms with Gasteiger partial charge >= 0.3 is 0 Å². The molecule has 13 aromatic rings. The molecule has 6 heteroatoms. The minimum Gasteiger partial charge on any atom is -0.456 e. The van der Waals surface area contributed by atoms with E-state index in [1.54, 1.807) is 0 Å². The van der Waals surface area contributed by atoms with Crippen LogP contribution in [0.5, 0.6) is 0 Å². The number of hydrogen-bond acceptors (Lipinski definition) is 5. The molecular weight excluding hydrogens is 773 g/mol. The van der Waals surface area contributed by atoms with E-state index in [4.69, 9.17) is 23.8 Å². The number of nitrogens with zero attached hydrogens (tertiary/aromatic N) is 4. The average molecular weight is 807 g/mol. The van der Waals surface area contributed by atoms with Gasteiger partial charge in [0, 0.05) is 54.7 Å². The first-order chi connectivity index (χ1) is 31.2. The number of fused-ring (bicyclic) bond motifs is 9. The molecule has 0 aliphatic rings. The zero-order chi connectivity index (χ0) is 41.4. The second kappa shape index (κ2) is 14.0. The van der Waals surface area contributed by atoms with Crippen molar-refractivity contribution in [2.45, 2.75) is 0 Å². The lowest BCUT2D eigenvalue weighted by molar-refractivity contribution is 0.668. The van der Waals surface area contributed by atoms with Gasteiger partial charge in [-0.2, -0.15) is 0 Å². The Morgan fingerprint density at radius 2 is 0.873 bits per heavy atom. The highest BCUT2D eigenvalue weighted by atomic mass is 16.3. The molecule has 4 heterocycles. The summed E-state index contributed by atoms with van der Waals surface area (Å²) in [5.74, 6) is 1.71. The fourth-order valence-electron chi connectivity index (χ4n) is 9.27. The Morgan fingerprint density at radius 1 is 0.302 bits per heavy atom. The van der Waals surface area contributed by atoms with Gasteiger partial charge in [0.15, 0.2) is 17.5 Å². The average Bonchev–Trinajstić information content (AvgIpc) is 4.03. The predicted molar refractivity (Wildman–Crippen MR) is 256 cm³/mol. The Bertz CT molecular complexity index is 3900. The van der Waals surface area contributed by atoms with Gasteiger partial charge in [0.2, 0.25) is 0 Å². The Kier molecular flexibility index (Phi) is 7.80. The Labute approximate surface area is 361 Å². The van der Waals surface area contributed by atoms with Crippen molar-refractivity contribution < 1.29 is 8.83 Å². The molecule has 0 saturated carbocycles. The largest absolute Gasteiger partial charge is 0.456 e. The lowest BCUT2D eigenvalue weighted by Gasteiger charge is -2.10. The van der Waals surface area contributed by atoms with Crippen molar-refractivity contribution in [3.8, 4) is 62.1 Å². The van der Waals surface area contributed by atoms with Crippen molar-refractivity contribution in [2.24, 2.45) is 0 Å². The number of hydrogen-bond donors (Lipinski definition) is 0. The van der Waals surface area contributed by atoms with Crippen LogP contribution in [0.25, 0.3) is 128 Å². The molecule has 0 atom stereocenters. The number of aromatic nitrogens is 4. The van der Waals surface area contributed by atoms with Crippen molar-refractivity contribution in [1.29, 1.82) is 0 Å². The lowest BCUT2D eigenvalue weighted by atomic mass is 9.99. The van der Waals surface area contributed by atoms with Gasteiger partial charge in [0.05, 0.1) is 11.0 Å². The molecule has 0 aliphatic heterocycles. The van der Waals surface area contributed by atoms with Crippen LogP contribution in [0.4, 0.5) is 0 Å². The van der Waals surface area contributed by atoms with Crippen LogP contribution in [0.3, 0.4) is 0 Å². The fourth-order valence-corrected chi connectivity index (χ4v) is 9.27. The summed E-state index contributed by atoms with van der Waals surface area (Å²) in [5, 5.41) is 6.48. The highest BCUT2D eigenvalue weighted by molar-refractivity contribution is 6.14. The molecule has 0 amide bonds. The fraction of sp³-hybridized carbons (Fsp3) is 0. The summed E-state index contributed by atoms with van der Waals surface area (Å²) in [6.07, 6.45) is 0. The maximum atomic E-state index is 6.56. The normalized spacial score (nSPS) is 11.8. The molecule has 4 aromatic heterocycles. The third kappa shape index (κ3) is 5.76. The minimum absolute atomic E-state index is 0.560. The number of para-hydroxylation sites is 2. The molecule has 0 fully saturated rings. The third-order valence-electron chi connectivity index (χ3n) is 12.3. The molecule has 294 valence electrons. The smallest absolute Gasteiger partial charge is 0.164 e. The summed E-state index contributed by atoms with van der Waals surface area (Å²) in [6, 6.07) is 71.7. The van der Waals surface area contributed by atoms with Gasteiger partial charge in [-0.15, -0.1) is 0 Å². The predicted octanol–water partition coefficient (Wildman–Crippen LogP) is 15.1. The number of furan rings is 2. The summed E-state index contributed by atoms with van der Waals surface area (Å²) >= 11 is 0. The first-order valence-corrected chi connectivity index (χ1v) is 21.1. The van der Waals surface area contributed by atoms with Crippen LogP contribution in [-0.4, -0.2) is 19.5 Å². The number of rotatable bonds is 6. The van der Waals surface area contributed by atoms with E-state index in [1.807, 2.05) is 66.7 Å². The topological polar surface area (TPSA) is 69.9 Å². The second-order valence-corrected chi connectivity index (χ2v) is 16.0. The molecule has 0 bridgehead atoms. The molecule has 0 saturated heterocycles. The summed E-state index contributed by atoms with van der Waals surface area (Å²) in [7, 11) is 0. The van der Waals surface area contributed by atoms with Gasteiger partial charge in [-0.05, 0) is 89.0 Å². The van der Waals surface area contributed by atoms with Crippen molar-refractivity contribution in [2.75, 3.05) is 0 Å². The minimum atomic E-state index is 0.560. The zero-order valence-electron chi connectivity index (χ0n) is 33.7. The summed E-state index contributed by atoms with van der Waals surface area (Å²) in [5.41, 5.74) is 13.8. The zero-order valence-corrected chi connectivity index (χ0v) is 33.7. The van der Waals surface area contributed by atoms with E-state index < -0.39 is 0 Å². The molecule has 0 aliphatic carbocycles. The molecule has 0 spiro atoms. The van der Waals surface area contributed by atoms with Gasteiger partial charge in [0.1, 0.15) is 22.3 Å². The summed E-state index contributed by atoms with van der Waals surface area (Å²) in [6.45, 7) is 0. The first-order valence-electron chi connectivity index (χ1n) is 21.1. The van der Waals surface area contributed by atoms with Crippen molar-refractivity contribution >= 4 is 65.7 Å². The van der Waals surface area contributed by atoms with Crippen LogP contribution < -0.4 is 0 Å². The van der Waals surface area contributed by atoms with Gasteiger partial charge in [-0.3, -0.25) is 0 Å². The second-order valence-electron chi connectivity index (χ2n) is 16.0. The van der Waals surface area contributed by atoms with Crippen LogP contribution in [0.2, 0.25) is 0 Å². The van der Waals surface area contributed by atoms with E-state index in [9.17, 15) is 0 Å². The van der Waals surface area contributed by atoms with E-state index in [0.717, 1.165) is 88.4 Å². The van der Waals surface area contributed by atoms with Crippen molar-refractivity contribution in [3.05, 3.63) is 206 Å². The van der Waals surface area contributed by atoms with E-state index in [2.05, 4.69) is 144 Å². The number of benzene rings is 9. The van der Waals surface area contributed by atoms with Crippen LogP contribution in [0.1, 0.15) is 0 Å². The van der Waals surface area contributed by atoms with Crippen molar-refractivity contribution in [3.63, 3.8) is 0 Å².